The molecule has 0 heterocycles. The van der Waals surface area contributed by atoms with Crippen LogP contribution in [-0.2, 0) is 4.79 Å². The smallest absolute Gasteiger partial charge is 0.234 e. The number of anilines is 1. The van der Waals surface area contributed by atoms with E-state index >= 15 is 0 Å². The molecule has 1 aromatic rings. The lowest BCUT2D eigenvalue weighted by Gasteiger charge is -2.13. The number of rotatable bonds is 5. The van der Waals surface area contributed by atoms with Gasteiger partial charge in [0.1, 0.15) is 11.5 Å². The number of carbonyl (C=O) groups is 1. The Labute approximate surface area is 106 Å². The van der Waals surface area contributed by atoms with Gasteiger partial charge in [0.15, 0.2) is 0 Å². The fourth-order valence-corrected chi connectivity index (χ4v) is 1.82. The predicted molar refractivity (Wildman–Crippen MR) is 71.3 cm³/mol. The Hall–Kier alpha value is -1.36. The molecule has 1 aromatic carbocycles. The van der Waals surface area contributed by atoms with E-state index in [1.807, 2.05) is 13.2 Å². The van der Waals surface area contributed by atoms with Gasteiger partial charge in [-0.1, -0.05) is 0 Å². The summed E-state index contributed by atoms with van der Waals surface area (Å²) < 4.78 is 10.5. The van der Waals surface area contributed by atoms with Crippen molar-refractivity contribution >= 4 is 23.4 Å². The van der Waals surface area contributed by atoms with Crippen LogP contribution in [0.15, 0.2) is 12.1 Å². The molecule has 0 fully saturated rings. The predicted octanol–water partition coefficient (Wildman–Crippen LogP) is 2.31. The normalized spacial score (nSPS) is 9.88. The van der Waals surface area contributed by atoms with Crippen molar-refractivity contribution in [2.24, 2.45) is 0 Å². The van der Waals surface area contributed by atoms with Gasteiger partial charge in [0.2, 0.25) is 5.91 Å². The lowest BCUT2D eigenvalue weighted by molar-refractivity contribution is -0.113. The third kappa shape index (κ3) is 3.56. The molecule has 17 heavy (non-hydrogen) atoms. The molecule has 4 nitrogen and oxygen atoms in total. The molecule has 0 atom stereocenters. The van der Waals surface area contributed by atoms with E-state index in [9.17, 15) is 4.79 Å². The molecular formula is C12H17NO3S. The van der Waals surface area contributed by atoms with Crippen LogP contribution in [0, 0.1) is 6.92 Å². The van der Waals surface area contributed by atoms with Crippen molar-refractivity contribution < 1.29 is 14.3 Å². The van der Waals surface area contributed by atoms with Crippen LogP contribution in [0.3, 0.4) is 0 Å². The molecule has 1 amide bonds. The molecule has 0 spiro atoms. The number of methoxy groups -OCH3 is 2. The molecule has 0 aliphatic heterocycles. The van der Waals surface area contributed by atoms with E-state index in [0.717, 1.165) is 5.56 Å². The van der Waals surface area contributed by atoms with Crippen molar-refractivity contribution in [1.29, 1.82) is 0 Å². The summed E-state index contributed by atoms with van der Waals surface area (Å²) in [6.07, 6.45) is 1.88. The van der Waals surface area contributed by atoms with Crippen LogP contribution in [0.5, 0.6) is 11.5 Å². The summed E-state index contributed by atoms with van der Waals surface area (Å²) in [5, 5.41) is 2.80. The van der Waals surface area contributed by atoms with Gasteiger partial charge in [-0.05, 0) is 13.2 Å². The van der Waals surface area contributed by atoms with E-state index in [4.69, 9.17) is 9.47 Å². The summed E-state index contributed by atoms with van der Waals surface area (Å²) in [6, 6.07) is 3.58. The summed E-state index contributed by atoms with van der Waals surface area (Å²) in [5.74, 6) is 1.79. The largest absolute Gasteiger partial charge is 0.496 e. The number of carbonyl (C=O) groups excluding carboxylic acids is 1. The van der Waals surface area contributed by atoms with Crippen LogP contribution in [0.1, 0.15) is 5.56 Å². The first-order chi connectivity index (χ1) is 8.12. The Morgan fingerprint density at radius 1 is 1.29 bits per heavy atom. The lowest BCUT2D eigenvalue weighted by Crippen LogP contribution is -2.14. The quantitative estimate of drug-likeness (QED) is 0.877. The van der Waals surface area contributed by atoms with Gasteiger partial charge in [-0.2, -0.15) is 11.8 Å². The minimum Gasteiger partial charge on any atom is -0.496 e. The monoisotopic (exact) mass is 255 g/mol. The standard InChI is InChI=1S/C12H17NO3S/c1-8-10(15-2)5-9(6-11(8)16-3)13-12(14)7-17-4/h5-6H,7H2,1-4H3,(H,13,14). The molecular weight excluding hydrogens is 238 g/mol. The highest BCUT2D eigenvalue weighted by atomic mass is 32.2. The van der Waals surface area contributed by atoms with Gasteiger partial charge in [-0.3, -0.25) is 4.79 Å². The van der Waals surface area contributed by atoms with Crippen LogP contribution in [0.4, 0.5) is 5.69 Å². The summed E-state index contributed by atoms with van der Waals surface area (Å²) in [4.78, 5) is 11.5. The highest BCUT2D eigenvalue weighted by molar-refractivity contribution is 7.99. The van der Waals surface area contributed by atoms with E-state index in [1.54, 1.807) is 26.4 Å². The number of benzene rings is 1. The van der Waals surface area contributed by atoms with Crippen molar-refractivity contribution in [3.63, 3.8) is 0 Å². The second kappa shape index (κ2) is 6.39. The zero-order valence-electron chi connectivity index (χ0n) is 10.5. The molecule has 94 valence electrons. The maximum atomic E-state index is 11.5. The average molecular weight is 255 g/mol. The third-order valence-electron chi connectivity index (χ3n) is 2.31. The van der Waals surface area contributed by atoms with Crippen molar-refractivity contribution in [3.8, 4) is 11.5 Å². The van der Waals surface area contributed by atoms with Gasteiger partial charge >= 0.3 is 0 Å². The number of nitrogens with one attached hydrogen (secondary N) is 1. The number of hydrogen-bond donors (Lipinski definition) is 1. The van der Waals surface area contributed by atoms with E-state index < -0.39 is 0 Å². The van der Waals surface area contributed by atoms with Gasteiger partial charge in [0.05, 0.1) is 20.0 Å². The fraction of sp³-hybridized carbons (Fsp3) is 0.417. The van der Waals surface area contributed by atoms with Crippen molar-refractivity contribution in [2.45, 2.75) is 6.92 Å². The molecule has 1 N–H and O–H groups in total. The van der Waals surface area contributed by atoms with E-state index in [-0.39, 0.29) is 5.91 Å². The molecule has 0 saturated carbocycles. The molecule has 0 aromatic heterocycles. The van der Waals surface area contributed by atoms with Crippen LogP contribution in [0.25, 0.3) is 0 Å². The van der Waals surface area contributed by atoms with Gasteiger partial charge in [0, 0.05) is 23.4 Å². The molecule has 0 aliphatic rings. The Morgan fingerprint density at radius 3 is 2.24 bits per heavy atom. The van der Waals surface area contributed by atoms with Gasteiger partial charge < -0.3 is 14.8 Å². The van der Waals surface area contributed by atoms with Crippen molar-refractivity contribution in [1.82, 2.24) is 0 Å². The van der Waals surface area contributed by atoms with E-state index in [2.05, 4.69) is 5.32 Å². The fourth-order valence-electron chi connectivity index (χ4n) is 1.49. The Morgan fingerprint density at radius 2 is 1.82 bits per heavy atom. The SMILES string of the molecule is COc1cc(NC(=O)CSC)cc(OC)c1C. The summed E-state index contributed by atoms with van der Waals surface area (Å²) in [7, 11) is 3.19. The Balaban J connectivity index is 2.96. The molecule has 0 aliphatic carbocycles. The molecule has 0 saturated heterocycles. The van der Waals surface area contributed by atoms with Crippen LogP contribution in [0.2, 0.25) is 0 Å². The van der Waals surface area contributed by atoms with E-state index in [1.165, 1.54) is 11.8 Å². The second-order valence-electron chi connectivity index (χ2n) is 3.49. The highest BCUT2D eigenvalue weighted by Crippen LogP contribution is 2.31. The first-order valence-electron chi connectivity index (χ1n) is 5.13. The summed E-state index contributed by atoms with van der Waals surface area (Å²) in [5.41, 5.74) is 1.60. The Kier molecular flexibility index (Phi) is 5.15. The van der Waals surface area contributed by atoms with Gasteiger partial charge in [-0.25, -0.2) is 0 Å². The average Bonchev–Trinajstić information content (AvgIpc) is 2.31. The maximum Gasteiger partial charge on any atom is 0.234 e. The van der Waals surface area contributed by atoms with Gasteiger partial charge in [0.25, 0.3) is 0 Å². The van der Waals surface area contributed by atoms with Crippen molar-refractivity contribution in [2.75, 3.05) is 31.5 Å². The van der Waals surface area contributed by atoms with Crippen LogP contribution in [-0.4, -0.2) is 32.1 Å². The number of hydrogen-bond acceptors (Lipinski definition) is 4. The summed E-state index contributed by atoms with van der Waals surface area (Å²) >= 11 is 1.48. The zero-order valence-corrected chi connectivity index (χ0v) is 11.3. The number of amides is 1. The summed E-state index contributed by atoms with van der Waals surface area (Å²) in [6.45, 7) is 1.91. The zero-order chi connectivity index (χ0) is 12.8. The topological polar surface area (TPSA) is 47.6 Å². The molecule has 5 heteroatoms. The Bertz CT molecular complexity index is 382. The van der Waals surface area contributed by atoms with Crippen molar-refractivity contribution in [3.05, 3.63) is 17.7 Å². The maximum absolute atomic E-state index is 11.5. The van der Waals surface area contributed by atoms with E-state index in [0.29, 0.717) is 22.9 Å². The minimum absolute atomic E-state index is 0.0366. The third-order valence-corrected chi connectivity index (χ3v) is 2.86. The molecule has 0 radical (unpaired) electrons. The van der Waals surface area contributed by atoms with Gasteiger partial charge in [-0.15, -0.1) is 0 Å². The molecule has 0 unspecified atom stereocenters. The first kappa shape index (κ1) is 13.7. The highest BCUT2D eigenvalue weighted by Gasteiger charge is 2.09. The van der Waals surface area contributed by atoms with Crippen LogP contribution < -0.4 is 14.8 Å². The minimum atomic E-state index is -0.0366. The first-order valence-corrected chi connectivity index (χ1v) is 6.53. The number of ether oxygens (including phenoxy) is 2. The molecule has 1 rings (SSSR count). The molecule has 0 bridgehead atoms. The number of thioether (sulfide) groups is 1. The van der Waals surface area contributed by atoms with Crippen LogP contribution >= 0.6 is 11.8 Å². The second-order valence-corrected chi connectivity index (χ2v) is 4.35. The lowest BCUT2D eigenvalue weighted by atomic mass is 10.1.